The van der Waals surface area contributed by atoms with E-state index in [0.29, 0.717) is 6.10 Å². The summed E-state index contributed by atoms with van der Waals surface area (Å²) in [6.07, 6.45) is 5.65. The van der Waals surface area contributed by atoms with Gasteiger partial charge < -0.3 is 20.7 Å². The number of primary amides is 1. The van der Waals surface area contributed by atoms with Gasteiger partial charge in [0.1, 0.15) is 0 Å². The number of nitrogens with one attached hydrogen (secondary N) is 1. The zero-order valence-electron chi connectivity index (χ0n) is 13.3. The van der Waals surface area contributed by atoms with Crippen molar-refractivity contribution in [3.63, 3.8) is 0 Å². The molecule has 0 aromatic carbocycles. The molecule has 0 spiro atoms. The minimum atomic E-state index is -0.613. The molecule has 3 N–H and O–H groups in total. The Kier molecular flexibility index (Phi) is 7.48. The average molecular weight is 285 g/mol. The third-order valence-corrected chi connectivity index (χ3v) is 4.09. The summed E-state index contributed by atoms with van der Waals surface area (Å²) >= 11 is 0. The van der Waals surface area contributed by atoms with E-state index in [-0.39, 0.29) is 5.91 Å². The second kappa shape index (κ2) is 8.60. The number of nitrogens with zero attached hydrogens (tertiary/aromatic N) is 1. The van der Waals surface area contributed by atoms with Crippen LogP contribution in [0, 0.1) is 0 Å². The molecule has 0 saturated carbocycles. The smallest absolute Gasteiger partial charge is 0.237 e. The van der Waals surface area contributed by atoms with Crippen molar-refractivity contribution in [2.24, 2.45) is 5.73 Å². The molecule has 2 unspecified atom stereocenters. The molecular formula is C15H31N3O2. The fraction of sp³-hybridized carbons (Fsp3) is 0.933. The number of hydrogen-bond acceptors (Lipinski definition) is 4. The molecule has 1 aliphatic rings. The Hall–Kier alpha value is -0.650. The van der Waals surface area contributed by atoms with E-state index in [2.05, 4.69) is 24.2 Å². The highest BCUT2D eigenvalue weighted by Gasteiger charge is 2.30. The predicted molar refractivity (Wildman–Crippen MR) is 81.6 cm³/mol. The van der Waals surface area contributed by atoms with Gasteiger partial charge in [0.05, 0.1) is 11.6 Å². The molecule has 1 fully saturated rings. The summed E-state index contributed by atoms with van der Waals surface area (Å²) in [5.74, 6) is -0.270. The van der Waals surface area contributed by atoms with Crippen LogP contribution < -0.4 is 11.1 Å². The number of hydrogen-bond donors (Lipinski definition) is 2. The lowest BCUT2D eigenvalue weighted by Crippen LogP contribution is -2.54. The van der Waals surface area contributed by atoms with Crippen molar-refractivity contribution in [3.05, 3.63) is 0 Å². The summed E-state index contributed by atoms with van der Waals surface area (Å²) in [6, 6.07) is 0. The maximum absolute atomic E-state index is 11.6. The molecule has 0 bridgehead atoms. The van der Waals surface area contributed by atoms with E-state index >= 15 is 0 Å². The highest BCUT2D eigenvalue weighted by molar-refractivity contribution is 5.84. The number of carbonyl (C=O) groups is 1. The van der Waals surface area contributed by atoms with Gasteiger partial charge in [-0.25, -0.2) is 0 Å². The molecule has 5 heteroatoms. The van der Waals surface area contributed by atoms with Crippen LogP contribution in [0.25, 0.3) is 0 Å². The Morgan fingerprint density at radius 2 is 2.25 bits per heavy atom. The van der Waals surface area contributed by atoms with E-state index in [0.717, 1.165) is 45.5 Å². The van der Waals surface area contributed by atoms with E-state index in [4.69, 9.17) is 10.5 Å². The Labute approximate surface area is 123 Å². The van der Waals surface area contributed by atoms with Crippen LogP contribution in [0.4, 0.5) is 0 Å². The van der Waals surface area contributed by atoms with Crippen LogP contribution in [0.1, 0.15) is 46.0 Å². The minimum Gasteiger partial charge on any atom is -0.377 e. The SMILES string of the molecule is CCCNC(C)(CCN(C)CC1CCCCO1)C(N)=O. The molecule has 1 aliphatic heterocycles. The van der Waals surface area contributed by atoms with Crippen LogP contribution in [-0.4, -0.2) is 55.7 Å². The molecule has 118 valence electrons. The van der Waals surface area contributed by atoms with Crippen molar-refractivity contribution < 1.29 is 9.53 Å². The van der Waals surface area contributed by atoms with Gasteiger partial charge in [0.25, 0.3) is 0 Å². The van der Waals surface area contributed by atoms with Crippen molar-refractivity contribution in [2.75, 3.05) is 33.3 Å². The summed E-state index contributed by atoms with van der Waals surface area (Å²) in [6.45, 7) is 7.46. The number of nitrogens with two attached hydrogens (primary N) is 1. The van der Waals surface area contributed by atoms with Crippen molar-refractivity contribution in [1.29, 1.82) is 0 Å². The number of rotatable bonds is 9. The third-order valence-electron chi connectivity index (χ3n) is 4.09. The number of ether oxygens (including phenoxy) is 1. The second-order valence-corrected chi connectivity index (χ2v) is 6.12. The van der Waals surface area contributed by atoms with Gasteiger partial charge in [-0.05, 0) is 52.6 Å². The fourth-order valence-corrected chi connectivity index (χ4v) is 2.50. The van der Waals surface area contributed by atoms with Crippen LogP contribution in [-0.2, 0) is 9.53 Å². The maximum Gasteiger partial charge on any atom is 0.237 e. The lowest BCUT2D eigenvalue weighted by atomic mass is 9.96. The lowest BCUT2D eigenvalue weighted by Gasteiger charge is -2.32. The molecular weight excluding hydrogens is 254 g/mol. The first-order valence-electron chi connectivity index (χ1n) is 7.83. The Morgan fingerprint density at radius 1 is 1.50 bits per heavy atom. The highest BCUT2D eigenvalue weighted by Crippen LogP contribution is 2.15. The molecule has 2 atom stereocenters. The number of likely N-dealkylation sites (N-methyl/N-ethyl adjacent to an activating group) is 1. The molecule has 1 heterocycles. The van der Waals surface area contributed by atoms with Gasteiger partial charge in [-0.15, -0.1) is 0 Å². The van der Waals surface area contributed by atoms with Crippen molar-refractivity contribution >= 4 is 5.91 Å². The van der Waals surface area contributed by atoms with Crippen molar-refractivity contribution in [1.82, 2.24) is 10.2 Å². The topological polar surface area (TPSA) is 67.6 Å². The third kappa shape index (κ3) is 5.77. The van der Waals surface area contributed by atoms with E-state index < -0.39 is 5.54 Å². The normalized spacial score (nSPS) is 22.7. The first-order valence-corrected chi connectivity index (χ1v) is 7.83. The molecule has 0 aromatic rings. The Bertz CT molecular complexity index is 293. The monoisotopic (exact) mass is 285 g/mol. The van der Waals surface area contributed by atoms with Crippen LogP contribution in [0.15, 0.2) is 0 Å². The predicted octanol–water partition coefficient (Wildman–Crippen LogP) is 1.12. The van der Waals surface area contributed by atoms with Gasteiger partial charge in [0.2, 0.25) is 5.91 Å². The molecule has 0 aromatic heterocycles. The zero-order chi connectivity index (χ0) is 15.0. The van der Waals surface area contributed by atoms with E-state index in [1.54, 1.807) is 0 Å². The summed E-state index contributed by atoms with van der Waals surface area (Å²) in [7, 11) is 2.08. The Balaban J connectivity index is 2.35. The van der Waals surface area contributed by atoms with Crippen molar-refractivity contribution in [3.8, 4) is 0 Å². The molecule has 1 saturated heterocycles. The van der Waals surface area contributed by atoms with Gasteiger partial charge in [0, 0.05) is 19.7 Å². The van der Waals surface area contributed by atoms with Crippen LogP contribution >= 0.6 is 0 Å². The quantitative estimate of drug-likeness (QED) is 0.666. The fourth-order valence-electron chi connectivity index (χ4n) is 2.50. The highest BCUT2D eigenvalue weighted by atomic mass is 16.5. The average Bonchev–Trinajstić information content (AvgIpc) is 2.44. The molecule has 0 aliphatic carbocycles. The summed E-state index contributed by atoms with van der Waals surface area (Å²) in [5.41, 5.74) is 4.92. The van der Waals surface area contributed by atoms with E-state index in [1.807, 2.05) is 6.92 Å². The first kappa shape index (κ1) is 17.4. The minimum absolute atomic E-state index is 0.270. The van der Waals surface area contributed by atoms with Gasteiger partial charge >= 0.3 is 0 Å². The largest absolute Gasteiger partial charge is 0.377 e. The molecule has 20 heavy (non-hydrogen) atoms. The standard InChI is InChI=1S/C15H31N3O2/c1-4-9-17-15(2,14(16)19)8-10-18(3)12-13-7-5-6-11-20-13/h13,17H,4-12H2,1-3H3,(H2,16,19). The number of amides is 1. The van der Waals surface area contributed by atoms with Crippen LogP contribution in [0.3, 0.4) is 0 Å². The van der Waals surface area contributed by atoms with Crippen LogP contribution in [0.2, 0.25) is 0 Å². The summed E-state index contributed by atoms with van der Waals surface area (Å²) in [4.78, 5) is 13.9. The van der Waals surface area contributed by atoms with Gasteiger partial charge in [-0.2, -0.15) is 0 Å². The molecule has 1 rings (SSSR count). The molecule has 0 radical (unpaired) electrons. The molecule has 5 nitrogen and oxygen atoms in total. The van der Waals surface area contributed by atoms with E-state index in [9.17, 15) is 4.79 Å². The zero-order valence-corrected chi connectivity index (χ0v) is 13.3. The second-order valence-electron chi connectivity index (χ2n) is 6.12. The Morgan fingerprint density at radius 3 is 2.80 bits per heavy atom. The maximum atomic E-state index is 11.6. The van der Waals surface area contributed by atoms with Crippen LogP contribution in [0.5, 0.6) is 0 Å². The summed E-state index contributed by atoms with van der Waals surface area (Å²) < 4.78 is 5.74. The number of carbonyl (C=O) groups excluding carboxylic acids is 1. The van der Waals surface area contributed by atoms with Gasteiger partial charge in [0.15, 0.2) is 0 Å². The first-order chi connectivity index (χ1) is 9.48. The van der Waals surface area contributed by atoms with Gasteiger partial charge in [-0.3, -0.25) is 4.79 Å². The lowest BCUT2D eigenvalue weighted by molar-refractivity contribution is -0.124. The van der Waals surface area contributed by atoms with Crippen molar-refractivity contribution in [2.45, 2.75) is 57.6 Å². The van der Waals surface area contributed by atoms with Gasteiger partial charge in [-0.1, -0.05) is 6.92 Å². The van der Waals surface area contributed by atoms with E-state index in [1.165, 1.54) is 12.8 Å². The molecule has 1 amide bonds. The summed E-state index contributed by atoms with van der Waals surface area (Å²) in [5, 5.41) is 3.27.